The molecule has 0 aliphatic rings. The molecule has 2 heterocycles. The fraction of sp³-hybridized carbons (Fsp3) is 0.222. The zero-order valence-corrected chi connectivity index (χ0v) is 12.5. The van der Waals surface area contributed by atoms with E-state index in [0.29, 0.717) is 0 Å². The maximum absolute atomic E-state index is 9.38. The van der Waals surface area contributed by atoms with Crippen molar-refractivity contribution in [1.29, 1.82) is 5.26 Å². The summed E-state index contributed by atoms with van der Waals surface area (Å²) in [5.41, 5.74) is 6.13. The van der Waals surface area contributed by atoms with E-state index in [1.165, 1.54) is 5.56 Å². The quantitative estimate of drug-likeness (QED) is 0.701. The van der Waals surface area contributed by atoms with Crippen LogP contribution in [0.25, 0.3) is 16.9 Å². The van der Waals surface area contributed by atoms with Gasteiger partial charge in [-0.25, -0.2) is 4.98 Å². The Morgan fingerprint density at radius 3 is 2.48 bits per heavy atom. The van der Waals surface area contributed by atoms with Gasteiger partial charge in [0, 0.05) is 11.3 Å². The molecule has 3 rings (SSSR count). The van der Waals surface area contributed by atoms with E-state index in [9.17, 15) is 5.26 Å². The minimum atomic E-state index is -0.211. The maximum Gasteiger partial charge on any atom is 0.137 e. The first-order valence-electron chi connectivity index (χ1n) is 7.06. The van der Waals surface area contributed by atoms with Crippen LogP contribution < -0.4 is 0 Å². The highest BCUT2D eigenvalue weighted by molar-refractivity contribution is 5.68. The van der Waals surface area contributed by atoms with Crippen LogP contribution in [0.5, 0.6) is 0 Å². The van der Waals surface area contributed by atoms with E-state index in [2.05, 4.69) is 41.7 Å². The number of fused-ring (bicyclic) bond motifs is 1. The number of hydrogen-bond donors (Lipinski definition) is 0. The van der Waals surface area contributed by atoms with Crippen molar-refractivity contribution in [2.75, 3.05) is 0 Å². The molecule has 0 saturated heterocycles. The number of hydrogen-bond acceptors (Lipinski definition) is 2. The third kappa shape index (κ3) is 2.19. The van der Waals surface area contributed by atoms with E-state index in [4.69, 9.17) is 4.98 Å². The van der Waals surface area contributed by atoms with Gasteiger partial charge in [-0.2, -0.15) is 5.26 Å². The van der Waals surface area contributed by atoms with Crippen molar-refractivity contribution in [3.8, 4) is 17.3 Å². The van der Waals surface area contributed by atoms with Gasteiger partial charge in [0.25, 0.3) is 0 Å². The van der Waals surface area contributed by atoms with E-state index >= 15 is 0 Å². The lowest BCUT2D eigenvalue weighted by Crippen LogP contribution is -2.01. The van der Waals surface area contributed by atoms with Gasteiger partial charge < -0.3 is 0 Å². The lowest BCUT2D eigenvalue weighted by atomic mass is 10.0. The fourth-order valence-corrected chi connectivity index (χ4v) is 2.67. The summed E-state index contributed by atoms with van der Waals surface area (Å²) in [6, 6.07) is 16.7. The molecule has 1 aromatic carbocycles. The normalized spacial score (nSPS) is 12.3. The number of rotatable bonds is 2. The van der Waals surface area contributed by atoms with Crippen LogP contribution in [0.4, 0.5) is 0 Å². The highest BCUT2D eigenvalue weighted by Gasteiger charge is 2.20. The average molecular weight is 275 g/mol. The van der Waals surface area contributed by atoms with Crippen LogP contribution in [0.1, 0.15) is 29.8 Å². The second-order valence-corrected chi connectivity index (χ2v) is 5.42. The number of benzene rings is 1. The second kappa shape index (κ2) is 5.06. The summed E-state index contributed by atoms with van der Waals surface area (Å²) < 4.78 is 2.09. The van der Waals surface area contributed by atoms with E-state index in [0.717, 1.165) is 28.3 Å². The van der Waals surface area contributed by atoms with Crippen molar-refractivity contribution >= 4 is 5.65 Å². The van der Waals surface area contributed by atoms with Crippen LogP contribution in [0.2, 0.25) is 0 Å². The second-order valence-electron chi connectivity index (χ2n) is 5.42. The maximum atomic E-state index is 9.38. The summed E-state index contributed by atoms with van der Waals surface area (Å²) in [4.78, 5) is 4.75. The largest absolute Gasteiger partial charge is 0.299 e. The van der Waals surface area contributed by atoms with Crippen LogP contribution >= 0.6 is 0 Å². The summed E-state index contributed by atoms with van der Waals surface area (Å²) in [6.45, 7) is 6.03. The molecule has 0 radical (unpaired) electrons. The summed E-state index contributed by atoms with van der Waals surface area (Å²) >= 11 is 0. The van der Waals surface area contributed by atoms with Crippen molar-refractivity contribution in [3.05, 3.63) is 59.4 Å². The minimum Gasteiger partial charge on any atom is -0.299 e. The zero-order chi connectivity index (χ0) is 15.0. The van der Waals surface area contributed by atoms with Gasteiger partial charge in [-0.1, -0.05) is 35.9 Å². The summed E-state index contributed by atoms with van der Waals surface area (Å²) in [5.74, 6) is -0.211. The van der Waals surface area contributed by atoms with Crippen molar-refractivity contribution in [1.82, 2.24) is 9.38 Å². The molecule has 0 N–H and O–H groups in total. The highest BCUT2D eigenvalue weighted by atomic mass is 15.0. The average Bonchev–Trinajstić information content (AvgIpc) is 2.88. The van der Waals surface area contributed by atoms with Gasteiger partial charge in [0.15, 0.2) is 0 Å². The fourth-order valence-electron chi connectivity index (χ4n) is 2.67. The predicted molar refractivity (Wildman–Crippen MR) is 84.1 cm³/mol. The van der Waals surface area contributed by atoms with Crippen molar-refractivity contribution < 1.29 is 0 Å². The first kappa shape index (κ1) is 13.4. The van der Waals surface area contributed by atoms with Crippen LogP contribution in [-0.4, -0.2) is 9.38 Å². The predicted octanol–water partition coefficient (Wildman–Crippen LogP) is 4.25. The number of pyridine rings is 1. The van der Waals surface area contributed by atoms with Gasteiger partial charge in [0.1, 0.15) is 5.65 Å². The Balaban J connectivity index is 2.34. The molecular formula is C18H17N3. The van der Waals surface area contributed by atoms with Crippen molar-refractivity contribution in [2.24, 2.45) is 0 Å². The Bertz CT molecular complexity index is 835. The molecule has 3 heteroatoms. The van der Waals surface area contributed by atoms with Crippen molar-refractivity contribution in [2.45, 2.75) is 26.7 Å². The molecule has 0 bridgehead atoms. The summed E-state index contributed by atoms with van der Waals surface area (Å²) in [7, 11) is 0. The highest BCUT2D eigenvalue weighted by Crippen LogP contribution is 2.30. The first-order chi connectivity index (χ1) is 10.1. The molecule has 3 aromatic rings. The Kier molecular flexibility index (Phi) is 3.23. The number of aromatic nitrogens is 2. The Labute approximate surface area is 124 Å². The molecule has 0 aliphatic carbocycles. The van der Waals surface area contributed by atoms with Gasteiger partial charge in [0.05, 0.1) is 23.4 Å². The van der Waals surface area contributed by atoms with Crippen LogP contribution in [-0.2, 0) is 0 Å². The smallest absolute Gasteiger partial charge is 0.137 e. The molecule has 0 aliphatic heterocycles. The third-order valence-electron chi connectivity index (χ3n) is 3.80. The van der Waals surface area contributed by atoms with E-state index in [-0.39, 0.29) is 5.92 Å². The van der Waals surface area contributed by atoms with Crippen LogP contribution in [0, 0.1) is 25.2 Å². The lowest BCUT2D eigenvalue weighted by Gasteiger charge is -2.09. The van der Waals surface area contributed by atoms with E-state index in [1.54, 1.807) is 0 Å². The summed E-state index contributed by atoms with van der Waals surface area (Å²) in [6.07, 6.45) is 0. The lowest BCUT2D eigenvalue weighted by molar-refractivity contribution is 0.882. The molecule has 1 atom stereocenters. The number of imidazole rings is 1. The molecule has 21 heavy (non-hydrogen) atoms. The van der Waals surface area contributed by atoms with E-state index in [1.807, 2.05) is 32.0 Å². The topological polar surface area (TPSA) is 41.1 Å². The molecule has 0 saturated carbocycles. The number of nitrogens with zero attached hydrogens (tertiary/aromatic N) is 3. The molecule has 0 spiro atoms. The van der Waals surface area contributed by atoms with Gasteiger partial charge in [-0.15, -0.1) is 0 Å². The van der Waals surface area contributed by atoms with Crippen molar-refractivity contribution in [3.63, 3.8) is 0 Å². The van der Waals surface area contributed by atoms with Gasteiger partial charge in [-0.05, 0) is 32.9 Å². The van der Waals surface area contributed by atoms with Gasteiger partial charge in [0.2, 0.25) is 0 Å². The van der Waals surface area contributed by atoms with Crippen LogP contribution in [0.15, 0.2) is 42.5 Å². The molecule has 3 nitrogen and oxygen atoms in total. The summed E-state index contributed by atoms with van der Waals surface area (Å²) in [5, 5.41) is 9.38. The number of nitriles is 1. The Morgan fingerprint density at radius 2 is 1.81 bits per heavy atom. The Morgan fingerprint density at radius 1 is 1.10 bits per heavy atom. The SMILES string of the molecule is Cc1ccc(-c2nc3cccc(C)n3c2C(C)C#N)cc1. The molecule has 0 amide bonds. The molecular weight excluding hydrogens is 258 g/mol. The van der Waals surface area contributed by atoms with Gasteiger partial charge in [-0.3, -0.25) is 4.40 Å². The monoisotopic (exact) mass is 275 g/mol. The molecule has 1 unspecified atom stereocenters. The number of aryl methyl sites for hydroxylation is 2. The minimum absolute atomic E-state index is 0.211. The standard InChI is InChI=1S/C18H17N3/c1-12-7-9-15(10-8-12)17-18(13(2)11-19)21-14(3)5-4-6-16(21)20-17/h4-10,13H,1-3H3. The zero-order valence-electron chi connectivity index (χ0n) is 12.5. The molecule has 0 fully saturated rings. The van der Waals surface area contributed by atoms with Gasteiger partial charge >= 0.3 is 0 Å². The van der Waals surface area contributed by atoms with Crippen LogP contribution in [0.3, 0.4) is 0 Å². The molecule has 2 aromatic heterocycles. The van der Waals surface area contributed by atoms with E-state index < -0.39 is 0 Å². The molecule has 104 valence electrons. The first-order valence-corrected chi connectivity index (χ1v) is 7.06. The third-order valence-corrected chi connectivity index (χ3v) is 3.80. The Hall–Kier alpha value is -2.60.